The van der Waals surface area contributed by atoms with Gasteiger partial charge in [-0.25, -0.2) is 0 Å². The van der Waals surface area contributed by atoms with Crippen LogP contribution in [-0.2, 0) is 9.16 Å². The quantitative estimate of drug-likeness (QED) is 0.472. The minimum Gasteiger partial charge on any atom is -0.417 e. The van der Waals surface area contributed by atoms with Crippen molar-refractivity contribution in [1.82, 2.24) is 0 Å². The maximum absolute atomic E-state index is 5.82. The average molecular weight is 190 g/mol. The van der Waals surface area contributed by atoms with Gasteiger partial charge in [-0.15, -0.1) is 0 Å². The van der Waals surface area contributed by atoms with E-state index in [1.165, 1.54) is 0 Å². The van der Waals surface area contributed by atoms with E-state index in [1.807, 2.05) is 0 Å². The topological polar surface area (TPSA) is 18.5 Å². The van der Waals surface area contributed by atoms with Crippen LogP contribution in [0.3, 0.4) is 0 Å². The Bertz CT molecular complexity index is 96.7. The van der Waals surface area contributed by atoms with Gasteiger partial charge in [0.1, 0.15) is 0 Å². The molecule has 0 bridgehead atoms. The highest BCUT2D eigenvalue weighted by Crippen LogP contribution is 2.20. The molecule has 0 heterocycles. The van der Waals surface area contributed by atoms with E-state index in [4.69, 9.17) is 9.16 Å². The van der Waals surface area contributed by atoms with E-state index in [0.29, 0.717) is 0 Å². The lowest BCUT2D eigenvalue weighted by molar-refractivity contribution is 0.143. The third-order valence-corrected chi connectivity index (χ3v) is 5.16. The summed E-state index contributed by atoms with van der Waals surface area (Å²) in [5.74, 6) is 0. The normalized spacial score (nSPS) is 12.0. The first kappa shape index (κ1) is 12.1. The molecule has 0 aromatic carbocycles. The Morgan fingerprint density at radius 1 is 1.00 bits per heavy atom. The highest BCUT2D eigenvalue weighted by molar-refractivity contribution is 6.54. The Labute approximate surface area is 78.0 Å². The summed E-state index contributed by atoms with van der Waals surface area (Å²) in [6.07, 6.45) is 0. The van der Waals surface area contributed by atoms with Crippen LogP contribution in [0, 0.1) is 0 Å². The van der Waals surface area contributed by atoms with Gasteiger partial charge < -0.3 is 9.16 Å². The molecular formula is C9H22O2Si. The molecule has 0 radical (unpaired) electrons. The lowest BCUT2D eigenvalue weighted by Crippen LogP contribution is -2.27. The standard InChI is InChI=1S/C9H22O2Si/c1-8(2)12(9(3)4)11-7-6-10-5/h8-9,12H,6-7H2,1-5H3. The third kappa shape index (κ3) is 4.90. The zero-order valence-corrected chi connectivity index (χ0v) is 10.1. The Morgan fingerprint density at radius 3 is 1.83 bits per heavy atom. The van der Waals surface area contributed by atoms with E-state index in [9.17, 15) is 0 Å². The molecule has 0 aliphatic rings. The first-order valence-corrected chi connectivity index (χ1v) is 6.50. The number of methoxy groups -OCH3 is 1. The van der Waals surface area contributed by atoms with E-state index in [1.54, 1.807) is 7.11 Å². The molecule has 0 unspecified atom stereocenters. The van der Waals surface area contributed by atoms with Gasteiger partial charge in [-0.1, -0.05) is 27.7 Å². The van der Waals surface area contributed by atoms with E-state index in [-0.39, 0.29) is 0 Å². The van der Waals surface area contributed by atoms with Crippen molar-refractivity contribution >= 4 is 9.04 Å². The first-order chi connectivity index (χ1) is 5.59. The molecule has 0 aliphatic carbocycles. The fourth-order valence-corrected chi connectivity index (χ4v) is 4.10. The van der Waals surface area contributed by atoms with Crippen molar-refractivity contribution in [1.29, 1.82) is 0 Å². The lowest BCUT2D eigenvalue weighted by atomic mass is 10.5. The second-order valence-electron chi connectivity index (χ2n) is 3.82. The van der Waals surface area contributed by atoms with Gasteiger partial charge in [-0.3, -0.25) is 0 Å². The molecule has 0 N–H and O–H groups in total. The second-order valence-corrected chi connectivity index (χ2v) is 7.75. The molecule has 74 valence electrons. The molecule has 0 saturated carbocycles. The molecule has 0 aromatic rings. The van der Waals surface area contributed by atoms with Gasteiger partial charge in [-0.2, -0.15) is 0 Å². The molecule has 0 spiro atoms. The van der Waals surface area contributed by atoms with E-state index >= 15 is 0 Å². The molecule has 0 fully saturated rings. The number of rotatable bonds is 6. The molecule has 12 heavy (non-hydrogen) atoms. The van der Waals surface area contributed by atoms with Gasteiger partial charge in [0.05, 0.1) is 13.2 Å². The minimum atomic E-state index is -0.992. The van der Waals surface area contributed by atoms with Crippen molar-refractivity contribution in [3.05, 3.63) is 0 Å². The maximum atomic E-state index is 5.82. The highest BCUT2D eigenvalue weighted by atomic mass is 28.3. The molecule has 0 atom stereocenters. The maximum Gasteiger partial charge on any atom is 0.182 e. The second kappa shape index (κ2) is 6.63. The zero-order valence-electron chi connectivity index (χ0n) is 8.96. The molecule has 3 heteroatoms. The van der Waals surface area contributed by atoms with Crippen LogP contribution in [0.4, 0.5) is 0 Å². The van der Waals surface area contributed by atoms with Gasteiger partial charge in [-0.05, 0) is 11.1 Å². The van der Waals surface area contributed by atoms with Crippen LogP contribution in [0.1, 0.15) is 27.7 Å². The van der Waals surface area contributed by atoms with E-state index in [2.05, 4.69) is 27.7 Å². The lowest BCUT2D eigenvalue weighted by Gasteiger charge is -2.22. The monoisotopic (exact) mass is 190 g/mol. The van der Waals surface area contributed by atoms with Crippen molar-refractivity contribution in [2.24, 2.45) is 0 Å². The van der Waals surface area contributed by atoms with Crippen molar-refractivity contribution in [3.63, 3.8) is 0 Å². The predicted molar refractivity (Wildman–Crippen MR) is 55.2 cm³/mol. The third-order valence-electron chi connectivity index (χ3n) is 1.91. The largest absolute Gasteiger partial charge is 0.417 e. The predicted octanol–water partition coefficient (Wildman–Crippen LogP) is 2.19. The summed E-state index contributed by atoms with van der Waals surface area (Å²) in [6, 6.07) is 0. The first-order valence-electron chi connectivity index (χ1n) is 4.70. The van der Waals surface area contributed by atoms with Crippen molar-refractivity contribution in [2.45, 2.75) is 38.8 Å². The molecule has 2 nitrogen and oxygen atoms in total. The Kier molecular flexibility index (Phi) is 6.71. The Balaban J connectivity index is 3.64. The van der Waals surface area contributed by atoms with Crippen LogP contribution in [0.15, 0.2) is 0 Å². The number of hydrogen-bond donors (Lipinski definition) is 0. The number of ether oxygens (including phenoxy) is 1. The van der Waals surface area contributed by atoms with Gasteiger partial charge in [0.25, 0.3) is 0 Å². The summed E-state index contributed by atoms with van der Waals surface area (Å²) in [7, 11) is 0.721. The summed E-state index contributed by atoms with van der Waals surface area (Å²) >= 11 is 0. The van der Waals surface area contributed by atoms with Crippen LogP contribution in [0.25, 0.3) is 0 Å². The summed E-state index contributed by atoms with van der Waals surface area (Å²) < 4.78 is 10.8. The molecule has 0 rings (SSSR count). The van der Waals surface area contributed by atoms with Crippen LogP contribution in [0.5, 0.6) is 0 Å². The zero-order chi connectivity index (χ0) is 9.56. The average Bonchev–Trinajstić information content (AvgIpc) is 1.96. The molecule has 0 amide bonds. The van der Waals surface area contributed by atoms with Gasteiger partial charge in [0.2, 0.25) is 0 Å². The van der Waals surface area contributed by atoms with E-state index in [0.717, 1.165) is 24.3 Å². The van der Waals surface area contributed by atoms with Crippen LogP contribution < -0.4 is 0 Å². The molecule has 0 aromatic heterocycles. The van der Waals surface area contributed by atoms with Gasteiger partial charge in [0.15, 0.2) is 9.04 Å². The fraction of sp³-hybridized carbons (Fsp3) is 1.00. The van der Waals surface area contributed by atoms with Crippen LogP contribution in [-0.4, -0.2) is 29.4 Å². The summed E-state index contributed by atoms with van der Waals surface area (Å²) in [5.41, 5.74) is 1.45. The number of hydrogen-bond acceptors (Lipinski definition) is 2. The highest BCUT2D eigenvalue weighted by Gasteiger charge is 2.20. The Morgan fingerprint density at radius 2 is 1.50 bits per heavy atom. The Hall–Kier alpha value is 0.137. The molecule has 0 saturated heterocycles. The van der Waals surface area contributed by atoms with Crippen molar-refractivity contribution < 1.29 is 9.16 Å². The van der Waals surface area contributed by atoms with Gasteiger partial charge in [0, 0.05) is 7.11 Å². The van der Waals surface area contributed by atoms with Crippen LogP contribution in [0.2, 0.25) is 11.1 Å². The summed E-state index contributed by atoms with van der Waals surface area (Å²) in [4.78, 5) is 0. The molecular weight excluding hydrogens is 168 g/mol. The fourth-order valence-electron chi connectivity index (χ4n) is 1.42. The van der Waals surface area contributed by atoms with Crippen molar-refractivity contribution in [3.8, 4) is 0 Å². The smallest absolute Gasteiger partial charge is 0.182 e. The molecule has 0 aliphatic heterocycles. The summed E-state index contributed by atoms with van der Waals surface area (Å²) in [5, 5.41) is 0. The SMILES string of the molecule is COCCO[SiH](C(C)C)C(C)C. The van der Waals surface area contributed by atoms with Crippen molar-refractivity contribution in [2.75, 3.05) is 20.3 Å². The summed E-state index contributed by atoms with van der Waals surface area (Å²) in [6.45, 7) is 10.5. The van der Waals surface area contributed by atoms with Crippen LogP contribution >= 0.6 is 0 Å². The van der Waals surface area contributed by atoms with E-state index < -0.39 is 9.04 Å². The minimum absolute atomic E-state index is 0.724. The van der Waals surface area contributed by atoms with Gasteiger partial charge >= 0.3 is 0 Å².